The summed E-state index contributed by atoms with van der Waals surface area (Å²) in [5.41, 5.74) is 3.47. The maximum atomic E-state index is 12.3. The fourth-order valence-corrected chi connectivity index (χ4v) is 4.97. The number of nitrogens with two attached hydrogens (primary N) is 1. The van der Waals surface area contributed by atoms with Gasteiger partial charge in [0, 0.05) is 23.2 Å². The van der Waals surface area contributed by atoms with Gasteiger partial charge in [0.05, 0.1) is 4.88 Å². The van der Waals surface area contributed by atoms with E-state index >= 15 is 0 Å². The molecule has 144 valence electrons. The van der Waals surface area contributed by atoms with Crippen LogP contribution in [0.5, 0.6) is 0 Å². The van der Waals surface area contributed by atoms with E-state index in [2.05, 4.69) is 65.9 Å². The molecule has 0 aliphatic heterocycles. The van der Waals surface area contributed by atoms with Crippen LogP contribution in [0.15, 0.2) is 64.2 Å². The number of hydrogen-bond acceptors (Lipinski definition) is 4. The van der Waals surface area contributed by atoms with Crippen LogP contribution in [0.2, 0.25) is 0 Å². The lowest BCUT2D eigenvalue weighted by atomic mass is 9.95. The minimum atomic E-state index is -0.0137. The lowest BCUT2D eigenvalue weighted by Crippen LogP contribution is -2.84. The van der Waals surface area contributed by atoms with Crippen LogP contribution in [-0.4, -0.2) is 9.38 Å². The monoisotopic (exact) mass is 410 g/mol. The van der Waals surface area contributed by atoms with Crippen molar-refractivity contribution >= 4 is 27.6 Å². The SMILES string of the molecule is CC[C@@H](C)c1ccc([C@H]([NH2+]Cc2cc(=O)n3ccsc3n2)c2cccs2)cc1. The first-order chi connectivity index (χ1) is 13.7. The Balaban J connectivity index is 1.59. The Morgan fingerprint density at radius 3 is 2.61 bits per heavy atom. The molecule has 4 rings (SSSR count). The Bertz CT molecular complexity index is 1100. The average Bonchev–Trinajstić information content (AvgIpc) is 3.40. The molecule has 0 spiro atoms. The molecule has 0 aliphatic carbocycles. The molecule has 6 heteroatoms. The minimum absolute atomic E-state index is 0.0137. The highest BCUT2D eigenvalue weighted by atomic mass is 32.1. The Kier molecular flexibility index (Phi) is 5.71. The number of nitrogens with zero attached hydrogens (tertiary/aromatic N) is 2. The second-order valence-electron chi connectivity index (χ2n) is 7.05. The van der Waals surface area contributed by atoms with Crippen molar-refractivity contribution < 1.29 is 5.32 Å². The van der Waals surface area contributed by atoms with Gasteiger partial charge in [0.15, 0.2) is 4.96 Å². The zero-order valence-corrected chi connectivity index (χ0v) is 17.7. The second-order valence-corrected chi connectivity index (χ2v) is 8.90. The van der Waals surface area contributed by atoms with Crippen LogP contribution in [0.3, 0.4) is 0 Å². The first kappa shape index (κ1) is 19.1. The van der Waals surface area contributed by atoms with Gasteiger partial charge in [0.1, 0.15) is 18.3 Å². The molecule has 3 heterocycles. The van der Waals surface area contributed by atoms with Gasteiger partial charge >= 0.3 is 0 Å². The second kappa shape index (κ2) is 8.39. The van der Waals surface area contributed by atoms with Crippen LogP contribution in [0.4, 0.5) is 0 Å². The Morgan fingerprint density at radius 1 is 1.11 bits per heavy atom. The molecule has 0 saturated carbocycles. The minimum Gasteiger partial charge on any atom is -0.331 e. The highest BCUT2D eigenvalue weighted by molar-refractivity contribution is 7.15. The van der Waals surface area contributed by atoms with Crippen LogP contribution in [0.25, 0.3) is 4.96 Å². The van der Waals surface area contributed by atoms with Gasteiger partial charge in [-0.05, 0) is 29.3 Å². The molecule has 0 saturated heterocycles. The Labute approximate surface area is 172 Å². The number of thiophene rings is 1. The Morgan fingerprint density at radius 2 is 1.89 bits per heavy atom. The molecule has 0 aliphatic rings. The van der Waals surface area contributed by atoms with E-state index in [1.165, 1.54) is 27.3 Å². The lowest BCUT2D eigenvalue weighted by molar-refractivity contribution is -0.702. The highest BCUT2D eigenvalue weighted by Crippen LogP contribution is 2.25. The quantitative estimate of drug-likeness (QED) is 0.497. The lowest BCUT2D eigenvalue weighted by Gasteiger charge is -2.16. The van der Waals surface area contributed by atoms with Crippen LogP contribution in [0, 0.1) is 0 Å². The van der Waals surface area contributed by atoms with Crippen molar-refractivity contribution in [3.63, 3.8) is 0 Å². The molecule has 4 nitrogen and oxygen atoms in total. The first-order valence-corrected chi connectivity index (χ1v) is 11.3. The van der Waals surface area contributed by atoms with E-state index in [-0.39, 0.29) is 11.6 Å². The molecule has 28 heavy (non-hydrogen) atoms. The number of rotatable bonds is 7. The third kappa shape index (κ3) is 3.94. The third-order valence-corrected chi connectivity index (χ3v) is 6.96. The van der Waals surface area contributed by atoms with Gasteiger partial charge in [0.2, 0.25) is 0 Å². The van der Waals surface area contributed by atoms with E-state index in [1.54, 1.807) is 28.0 Å². The normalized spacial score (nSPS) is 13.6. The number of fused-ring (bicyclic) bond motifs is 1. The highest BCUT2D eigenvalue weighted by Gasteiger charge is 2.19. The summed E-state index contributed by atoms with van der Waals surface area (Å²) in [5.74, 6) is 0.577. The largest absolute Gasteiger partial charge is 0.331 e. The maximum absolute atomic E-state index is 12.3. The van der Waals surface area contributed by atoms with Crippen molar-refractivity contribution in [3.05, 3.63) is 91.5 Å². The molecular formula is C22H24N3OS2+. The molecule has 2 atom stereocenters. The summed E-state index contributed by atoms with van der Waals surface area (Å²) in [4.78, 5) is 19.0. The summed E-state index contributed by atoms with van der Waals surface area (Å²) >= 11 is 3.26. The number of benzene rings is 1. The van der Waals surface area contributed by atoms with Crippen LogP contribution in [0.1, 0.15) is 53.9 Å². The Hall–Kier alpha value is -2.28. The number of aromatic nitrogens is 2. The zero-order valence-electron chi connectivity index (χ0n) is 16.0. The average molecular weight is 411 g/mol. The van der Waals surface area contributed by atoms with Gasteiger partial charge in [-0.25, -0.2) is 4.98 Å². The first-order valence-electron chi connectivity index (χ1n) is 9.58. The molecule has 0 fully saturated rings. The smallest absolute Gasteiger partial charge is 0.258 e. The van der Waals surface area contributed by atoms with Crippen molar-refractivity contribution in [2.45, 2.75) is 38.8 Å². The van der Waals surface area contributed by atoms with E-state index in [9.17, 15) is 4.79 Å². The van der Waals surface area contributed by atoms with Gasteiger partial charge in [-0.1, -0.05) is 44.2 Å². The molecule has 0 unspecified atom stereocenters. The summed E-state index contributed by atoms with van der Waals surface area (Å²) < 4.78 is 1.60. The zero-order chi connectivity index (χ0) is 19.5. The molecule has 0 radical (unpaired) electrons. The van der Waals surface area contributed by atoms with Crippen molar-refractivity contribution in [2.75, 3.05) is 0 Å². The molecule has 4 aromatic rings. The van der Waals surface area contributed by atoms with Crippen molar-refractivity contribution in [3.8, 4) is 0 Å². The maximum Gasteiger partial charge on any atom is 0.258 e. The van der Waals surface area contributed by atoms with Crippen LogP contribution < -0.4 is 10.9 Å². The van der Waals surface area contributed by atoms with Crippen LogP contribution in [-0.2, 0) is 6.54 Å². The van der Waals surface area contributed by atoms with E-state index in [0.717, 1.165) is 17.1 Å². The van der Waals surface area contributed by atoms with E-state index in [0.29, 0.717) is 12.5 Å². The third-order valence-electron chi connectivity index (χ3n) is 5.25. The topological polar surface area (TPSA) is 51.0 Å². The van der Waals surface area contributed by atoms with Crippen molar-refractivity contribution in [1.82, 2.24) is 9.38 Å². The molecular weight excluding hydrogens is 386 g/mol. The van der Waals surface area contributed by atoms with Gasteiger partial charge in [-0.15, -0.1) is 22.7 Å². The summed E-state index contributed by atoms with van der Waals surface area (Å²) in [6, 6.07) is 15.1. The predicted molar refractivity (Wildman–Crippen MR) is 116 cm³/mol. The fraction of sp³-hybridized carbons (Fsp3) is 0.273. The van der Waals surface area contributed by atoms with E-state index < -0.39 is 0 Å². The van der Waals surface area contributed by atoms with Gasteiger partial charge < -0.3 is 5.32 Å². The summed E-state index contributed by atoms with van der Waals surface area (Å²) in [6.07, 6.45) is 2.92. The predicted octanol–water partition coefficient (Wildman–Crippen LogP) is 4.18. The van der Waals surface area contributed by atoms with Crippen molar-refractivity contribution in [2.24, 2.45) is 0 Å². The van der Waals surface area contributed by atoms with Gasteiger partial charge in [0.25, 0.3) is 5.56 Å². The van der Waals surface area contributed by atoms with Gasteiger partial charge in [-0.3, -0.25) is 9.20 Å². The molecule has 0 amide bonds. The fourth-order valence-electron chi connectivity index (χ4n) is 3.38. The molecule has 2 N–H and O–H groups in total. The van der Waals surface area contributed by atoms with Crippen molar-refractivity contribution in [1.29, 1.82) is 0 Å². The van der Waals surface area contributed by atoms with E-state index in [4.69, 9.17) is 0 Å². The summed E-state index contributed by atoms with van der Waals surface area (Å²) in [5, 5.41) is 6.28. The van der Waals surface area contributed by atoms with E-state index in [1.807, 2.05) is 5.38 Å². The molecule has 3 aromatic heterocycles. The number of hydrogen-bond donors (Lipinski definition) is 1. The van der Waals surface area contributed by atoms with Crippen LogP contribution >= 0.6 is 22.7 Å². The molecule has 0 bridgehead atoms. The van der Waals surface area contributed by atoms with Gasteiger partial charge in [-0.2, -0.15) is 0 Å². The summed E-state index contributed by atoms with van der Waals surface area (Å²) in [7, 11) is 0. The summed E-state index contributed by atoms with van der Waals surface area (Å²) in [6.45, 7) is 5.16. The number of thiazole rings is 1. The standard InChI is InChI=1S/C22H23N3OS2/c1-3-15(2)16-6-8-17(9-7-16)21(19-5-4-11-27-19)23-14-18-13-20(26)25-10-12-28-22(25)24-18/h4-13,15,21,23H,3,14H2,1-2H3/p+1/t15-,21+/m1/s1. The number of quaternary nitrogens is 1. The molecule has 1 aromatic carbocycles.